The standard InChI is InChI=1S/C23H36F2O3/c1-3-4-5-16-6-9-18(10-7-16)19-11-8-17(14-27-19)15-28-21-13-12-20(26-2)22(24)23(21)25/h16-19H,3-15H2,1-2H3. The van der Waals surface area contributed by atoms with Crippen molar-refractivity contribution < 1.29 is 23.0 Å². The van der Waals surface area contributed by atoms with Gasteiger partial charge in [-0.25, -0.2) is 0 Å². The number of halogens is 2. The molecule has 0 amide bonds. The summed E-state index contributed by atoms with van der Waals surface area (Å²) in [6.45, 7) is 3.33. The van der Waals surface area contributed by atoms with Gasteiger partial charge in [0.25, 0.3) is 0 Å². The number of hydrogen-bond donors (Lipinski definition) is 0. The summed E-state index contributed by atoms with van der Waals surface area (Å²) in [6.07, 6.45) is 12.5. The highest BCUT2D eigenvalue weighted by Gasteiger charge is 2.32. The lowest BCUT2D eigenvalue weighted by molar-refractivity contribution is -0.0705. The second kappa shape index (κ2) is 10.6. The van der Waals surface area contributed by atoms with Crippen LogP contribution in [0, 0.1) is 17.8 Å². The molecule has 1 saturated heterocycles. The van der Waals surface area contributed by atoms with E-state index in [2.05, 4.69) is 6.92 Å². The molecular formula is C23H36F2O3. The van der Waals surface area contributed by atoms with Crippen LogP contribution in [0.5, 0.6) is 0 Å². The molecule has 3 nitrogen and oxygen atoms in total. The maximum Gasteiger partial charge on any atom is 0.199 e. The molecule has 2 aliphatic carbocycles. The lowest BCUT2D eigenvalue weighted by atomic mass is 9.76. The average Bonchev–Trinajstić information content (AvgIpc) is 2.74. The Kier molecular flexibility index (Phi) is 8.19. The minimum atomic E-state index is -0.918. The molecule has 0 aromatic carbocycles. The van der Waals surface area contributed by atoms with Crippen molar-refractivity contribution in [1.29, 1.82) is 0 Å². The van der Waals surface area contributed by atoms with Crippen LogP contribution >= 0.6 is 0 Å². The molecule has 1 heterocycles. The van der Waals surface area contributed by atoms with Crippen LogP contribution in [-0.2, 0) is 14.2 Å². The van der Waals surface area contributed by atoms with E-state index in [1.54, 1.807) is 0 Å². The maximum absolute atomic E-state index is 14.1. The molecule has 3 aliphatic rings. The number of allylic oxidation sites excluding steroid dienone is 4. The summed E-state index contributed by atoms with van der Waals surface area (Å²) >= 11 is 0. The molecule has 0 radical (unpaired) electrons. The van der Waals surface area contributed by atoms with Gasteiger partial charge in [-0.3, -0.25) is 0 Å². The van der Waals surface area contributed by atoms with Crippen LogP contribution < -0.4 is 0 Å². The number of unbranched alkanes of at least 4 members (excludes halogenated alkanes) is 1. The fourth-order valence-corrected chi connectivity index (χ4v) is 4.91. The average molecular weight is 399 g/mol. The second-order valence-electron chi connectivity index (χ2n) is 8.73. The second-order valence-corrected chi connectivity index (χ2v) is 8.73. The summed E-state index contributed by atoms with van der Waals surface area (Å²) in [5, 5.41) is 0. The summed E-state index contributed by atoms with van der Waals surface area (Å²) in [4.78, 5) is 0. The molecule has 1 saturated carbocycles. The van der Waals surface area contributed by atoms with Crippen molar-refractivity contribution in [2.75, 3.05) is 20.3 Å². The Morgan fingerprint density at radius 1 is 0.929 bits per heavy atom. The molecule has 0 aromatic heterocycles. The third-order valence-corrected chi connectivity index (χ3v) is 6.79. The highest BCUT2D eigenvalue weighted by Crippen LogP contribution is 2.38. The Bertz CT molecular complexity index is 556. The molecule has 0 N–H and O–H groups in total. The molecular weight excluding hydrogens is 362 g/mol. The van der Waals surface area contributed by atoms with Crippen molar-refractivity contribution in [3.63, 3.8) is 0 Å². The first-order valence-corrected chi connectivity index (χ1v) is 11.2. The van der Waals surface area contributed by atoms with Gasteiger partial charge >= 0.3 is 0 Å². The SMILES string of the molecule is CCCCC1CCC(C2CCC(COC3=C(F)C(F)=C(OC)CC3)CO2)CC1. The third kappa shape index (κ3) is 5.49. The fourth-order valence-electron chi connectivity index (χ4n) is 4.91. The quantitative estimate of drug-likeness (QED) is 0.461. The van der Waals surface area contributed by atoms with Gasteiger partial charge in [0.1, 0.15) is 11.5 Å². The van der Waals surface area contributed by atoms with Gasteiger partial charge in [0, 0.05) is 18.8 Å². The van der Waals surface area contributed by atoms with Crippen LogP contribution in [0.1, 0.15) is 77.6 Å². The van der Waals surface area contributed by atoms with Gasteiger partial charge in [-0.2, -0.15) is 8.78 Å². The third-order valence-electron chi connectivity index (χ3n) is 6.79. The Labute approximate surface area is 168 Å². The molecule has 0 bridgehead atoms. The Balaban J connectivity index is 1.38. The van der Waals surface area contributed by atoms with E-state index in [-0.39, 0.29) is 17.4 Å². The van der Waals surface area contributed by atoms with E-state index in [0.29, 0.717) is 38.1 Å². The van der Waals surface area contributed by atoms with E-state index < -0.39 is 11.7 Å². The predicted octanol–water partition coefficient (Wildman–Crippen LogP) is 6.60. The molecule has 3 rings (SSSR count). The number of methoxy groups -OCH3 is 1. The van der Waals surface area contributed by atoms with E-state index in [1.807, 2.05) is 0 Å². The van der Waals surface area contributed by atoms with Crippen molar-refractivity contribution in [3.8, 4) is 0 Å². The van der Waals surface area contributed by atoms with Gasteiger partial charge in [-0.1, -0.05) is 39.0 Å². The molecule has 5 heteroatoms. The van der Waals surface area contributed by atoms with E-state index in [4.69, 9.17) is 14.2 Å². The van der Waals surface area contributed by atoms with E-state index in [9.17, 15) is 8.78 Å². The van der Waals surface area contributed by atoms with Crippen molar-refractivity contribution in [2.45, 2.75) is 83.7 Å². The zero-order valence-corrected chi connectivity index (χ0v) is 17.5. The van der Waals surface area contributed by atoms with E-state index in [1.165, 1.54) is 52.1 Å². The normalized spacial score (nSPS) is 31.9. The van der Waals surface area contributed by atoms with Crippen molar-refractivity contribution in [1.82, 2.24) is 0 Å². The van der Waals surface area contributed by atoms with Crippen LogP contribution in [0.4, 0.5) is 8.78 Å². The van der Waals surface area contributed by atoms with Gasteiger partial charge in [0.15, 0.2) is 11.7 Å². The maximum atomic E-state index is 14.1. The smallest absolute Gasteiger partial charge is 0.199 e. The summed E-state index contributed by atoms with van der Waals surface area (Å²) in [5.41, 5.74) is 0. The largest absolute Gasteiger partial charge is 0.498 e. The molecule has 160 valence electrons. The first kappa shape index (κ1) is 21.6. The lowest BCUT2D eigenvalue weighted by Crippen LogP contribution is -2.35. The van der Waals surface area contributed by atoms with Crippen molar-refractivity contribution in [2.24, 2.45) is 17.8 Å². The topological polar surface area (TPSA) is 27.7 Å². The van der Waals surface area contributed by atoms with Crippen molar-refractivity contribution in [3.05, 3.63) is 23.2 Å². The first-order chi connectivity index (χ1) is 13.6. The zero-order chi connectivity index (χ0) is 19.9. The molecule has 0 aromatic rings. The minimum Gasteiger partial charge on any atom is -0.498 e. The van der Waals surface area contributed by atoms with Crippen LogP contribution in [0.25, 0.3) is 0 Å². The molecule has 1 aliphatic heterocycles. The number of rotatable bonds is 8. The van der Waals surface area contributed by atoms with Gasteiger partial charge in [-0.05, 0) is 37.5 Å². The Hall–Kier alpha value is -1.10. The lowest BCUT2D eigenvalue weighted by Gasteiger charge is -2.38. The summed E-state index contributed by atoms with van der Waals surface area (Å²) in [6, 6.07) is 0. The van der Waals surface area contributed by atoms with E-state index >= 15 is 0 Å². The van der Waals surface area contributed by atoms with Gasteiger partial charge < -0.3 is 14.2 Å². The Morgan fingerprint density at radius 2 is 1.61 bits per heavy atom. The fraction of sp³-hybridized carbons (Fsp3) is 0.826. The van der Waals surface area contributed by atoms with Crippen LogP contribution in [-0.4, -0.2) is 26.4 Å². The molecule has 28 heavy (non-hydrogen) atoms. The van der Waals surface area contributed by atoms with Gasteiger partial charge in [0.05, 0.1) is 26.4 Å². The first-order valence-electron chi connectivity index (χ1n) is 11.2. The van der Waals surface area contributed by atoms with Crippen LogP contribution in [0.2, 0.25) is 0 Å². The Morgan fingerprint density at radius 3 is 2.25 bits per heavy atom. The van der Waals surface area contributed by atoms with E-state index in [0.717, 1.165) is 18.8 Å². The molecule has 2 fully saturated rings. The molecule has 2 unspecified atom stereocenters. The van der Waals surface area contributed by atoms with Crippen LogP contribution in [0.15, 0.2) is 23.2 Å². The summed E-state index contributed by atoms with van der Waals surface area (Å²) in [7, 11) is 1.36. The summed E-state index contributed by atoms with van der Waals surface area (Å²) in [5.74, 6) is 0.241. The van der Waals surface area contributed by atoms with Gasteiger partial charge in [0.2, 0.25) is 0 Å². The van der Waals surface area contributed by atoms with Crippen molar-refractivity contribution >= 4 is 0 Å². The molecule has 2 atom stereocenters. The predicted molar refractivity (Wildman–Crippen MR) is 106 cm³/mol. The number of ether oxygens (including phenoxy) is 3. The summed E-state index contributed by atoms with van der Waals surface area (Å²) < 4.78 is 44.6. The monoisotopic (exact) mass is 398 g/mol. The number of hydrogen-bond acceptors (Lipinski definition) is 3. The molecule has 0 spiro atoms. The van der Waals surface area contributed by atoms with Crippen LogP contribution in [0.3, 0.4) is 0 Å². The highest BCUT2D eigenvalue weighted by molar-refractivity contribution is 5.29. The highest BCUT2D eigenvalue weighted by atomic mass is 19.2. The minimum absolute atomic E-state index is 0.0677. The zero-order valence-electron chi connectivity index (χ0n) is 17.5. The van der Waals surface area contributed by atoms with Gasteiger partial charge in [-0.15, -0.1) is 0 Å².